The molecule has 9 nitrogen and oxygen atoms in total. The van der Waals surface area contributed by atoms with Gasteiger partial charge in [0.05, 0.1) is 4.90 Å². The predicted octanol–water partition coefficient (Wildman–Crippen LogP) is 3.01. The molecule has 0 atom stereocenters. The van der Waals surface area contributed by atoms with Gasteiger partial charge in [-0.2, -0.15) is 0 Å². The SMILES string of the molecule is CCCc1cnc(NS(=O)(=O)c2ccc(CCNC(=O)N(C)c3ccccn3)cc2)nc1. The van der Waals surface area contributed by atoms with Gasteiger partial charge >= 0.3 is 6.03 Å². The van der Waals surface area contributed by atoms with Crippen LogP contribution in [0.15, 0.2) is 66.0 Å². The first kappa shape index (κ1) is 23.1. The van der Waals surface area contributed by atoms with Crippen molar-refractivity contribution in [1.82, 2.24) is 20.3 Å². The second kappa shape index (κ2) is 10.7. The van der Waals surface area contributed by atoms with Crippen molar-refractivity contribution in [2.24, 2.45) is 0 Å². The first-order chi connectivity index (χ1) is 15.4. The number of nitrogens with zero attached hydrogens (tertiary/aromatic N) is 4. The Labute approximate surface area is 188 Å². The Balaban J connectivity index is 1.53. The van der Waals surface area contributed by atoms with E-state index < -0.39 is 10.0 Å². The van der Waals surface area contributed by atoms with Crippen molar-refractivity contribution in [2.45, 2.75) is 31.1 Å². The summed E-state index contributed by atoms with van der Waals surface area (Å²) in [4.78, 5) is 26.0. The van der Waals surface area contributed by atoms with Crippen LogP contribution in [0.2, 0.25) is 0 Å². The number of amides is 2. The number of hydrogen-bond donors (Lipinski definition) is 2. The molecule has 0 spiro atoms. The number of benzene rings is 1. The summed E-state index contributed by atoms with van der Waals surface area (Å²) < 4.78 is 27.5. The fourth-order valence-electron chi connectivity index (χ4n) is 2.93. The summed E-state index contributed by atoms with van der Waals surface area (Å²) in [6.07, 6.45) is 7.22. The molecule has 32 heavy (non-hydrogen) atoms. The third-order valence-electron chi connectivity index (χ3n) is 4.69. The molecule has 0 aliphatic rings. The fraction of sp³-hybridized carbons (Fsp3) is 0.273. The van der Waals surface area contributed by atoms with Crippen molar-refractivity contribution in [3.05, 3.63) is 72.2 Å². The monoisotopic (exact) mass is 454 g/mol. The minimum atomic E-state index is -3.79. The standard InChI is InChI=1S/C22H26N6O3S/c1-3-6-18-15-25-21(26-16-18)27-32(30,31)19-10-8-17(9-11-19)12-14-24-22(29)28(2)20-7-4-5-13-23-20/h4-5,7-11,13,15-16H,3,6,12,14H2,1-2H3,(H,24,29)(H,25,26,27). The molecular formula is C22H26N6O3S. The molecule has 2 heterocycles. The number of carbonyl (C=O) groups is 1. The van der Waals surface area contributed by atoms with Gasteiger partial charge in [-0.3, -0.25) is 4.90 Å². The van der Waals surface area contributed by atoms with Gasteiger partial charge in [-0.1, -0.05) is 31.5 Å². The van der Waals surface area contributed by atoms with E-state index in [1.165, 1.54) is 17.0 Å². The molecule has 3 rings (SSSR count). The summed E-state index contributed by atoms with van der Waals surface area (Å²) in [7, 11) is -2.15. The molecule has 0 radical (unpaired) electrons. The van der Waals surface area contributed by atoms with Crippen LogP contribution < -0.4 is 14.9 Å². The van der Waals surface area contributed by atoms with Gasteiger partial charge in [0, 0.05) is 32.2 Å². The summed E-state index contributed by atoms with van der Waals surface area (Å²) >= 11 is 0. The van der Waals surface area contributed by atoms with E-state index >= 15 is 0 Å². The number of sulfonamides is 1. The highest BCUT2D eigenvalue weighted by molar-refractivity contribution is 7.92. The van der Waals surface area contributed by atoms with Crippen LogP contribution in [0.4, 0.5) is 16.6 Å². The molecule has 2 amide bonds. The Morgan fingerprint density at radius 1 is 0.969 bits per heavy atom. The van der Waals surface area contributed by atoms with Crippen LogP contribution in [0, 0.1) is 0 Å². The van der Waals surface area contributed by atoms with Crippen molar-refractivity contribution < 1.29 is 13.2 Å². The topological polar surface area (TPSA) is 117 Å². The molecule has 2 N–H and O–H groups in total. The van der Waals surface area contributed by atoms with Gasteiger partial charge in [0.15, 0.2) is 0 Å². The molecule has 1 aromatic carbocycles. The number of carbonyl (C=O) groups excluding carboxylic acids is 1. The Morgan fingerprint density at radius 2 is 1.69 bits per heavy atom. The van der Waals surface area contributed by atoms with Crippen LogP contribution in [0.25, 0.3) is 0 Å². The van der Waals surface area contributed by atoms with Crippen LogP contribution >= 0.6 is 0 Å². The molecule has 10 heteroatoms. The highest BCUT2D eigenvalue weighted by Crippen LogP contribution is 2.15. The molecule has 0 saturated heterocycles. The Bertz CT molecular complexity index is 1120. The molecule has 0 unspecified atom stereocenters. The van der Waals surface area contributed by atoms with Crippen molar-refractivity contribution in [1.29, 1.82) is 0 Å². The zero-order valence-electron chi connectivity index (χ0n) is 18.0. The van der Waals surface area contributed by atoms with Crippen molar-refractivity contribution in [3.8, 4) is 0 Å². The normalized spacial score (nSPS) is 11.1. The molecule has 0 fully saturated rings. The lowest BCUT2D eigenvalue weighted by Crippen LogP contribution is -2.38. The molecule has 3 aromatic rings. The summed E-state index contributed by atoms with van der Waals surface area (Å²) in [6, 6.07) is 11.5. The predicted molar refractivity (Wildman–Crippen MR) is 123 cm³/mol. The molecule has 0 saturated carbocycles. The lowest BCUT2D eigenvalue weighted by molar-refractivity contribution is 0.247. The maximum Gasteiger partial charge on any atom is 0.322 e. The van der Waals surface area contributed by atoms with Gasteiger partial charge < -0.3 is 5.32 Å². The van der Waals surface area contributed by atoms with Crippen LogP contribution in [0.5, 0.6) is 0 Å². The number of anilines is 2. The van der Waals surface area contributed by atoms with Crippen molar-refractivity contribution in [3.63, 3.8) is 0 Å². The smallest absolute Gasteiger partial charge is 0.322 e. The Morgan fingerprint density at radius 3 is 2.31 bits per heavy atom. The van der Waals surface area contributed by atoms with Gasteiger partial charge in [-0.15, -0.1) is 0 Å². The van der Waals surface area contributed by atoms with Gasteiger partial charge in [0.25, 0.3) is 10.0 Å². The molecule has 0 aliphatic heterocycles. The number of aromatic nitrogens is 3. The summed E-state index contributed by atoms with van der Waals surface area (Å²) in [5, 5.41) is 2.82. The Kier molecular flexibility index (Phi) is 7.72. The van der Waals surface area contributed by atoms with Gasteiger partial charge in [-0.05, 0) is 48.2 Å². The molecule has 0 bridgehead atoms. The van der Waals surface area contributed by atoms with Crippen LogP contribution in [-0.2, 0) is 22.9 Å². The van der Waals surface area contributed by atoms with Crippen LogP contribution in [-0.4, -0.2) is 43.0 Å². The number of urea groups is 1. The number of aryl methyl sites for hydroxylation is 1. The van der Waals surface area contributed by atoms with E-state index in [-0.39, 0.29) is 16.9 Å². The van der Waals surface area contributed by atoms with Gasteiger partial charge in [0.1, 0.15) is 5.82 Å². The third kappa shape index (κ3) is 6.24. The van der Waals surface area contributed by atoms with E-state index in [0.29, 0.717) is 18.8 Å². The second-order valence-electron chi connectivity index (χ2n) is 7.14. The van der Waals surface area contributed by atoms with E-state index in [1.54, 1.807) is 49.9 Å². The number of hydrogen-bond acceptors (Lipinski definition) is 6. The molecular weight excluding hydrogens is 428 g/mol. The second-order valence-corrected chi connectivity index (χ2v) is 8.83. The van der Waals surface area contributed by atoms with Gasteiger partial charge in [0.2, 0.25) is 5.95 Å². The van der Waals surface area contributed by atoms with Crippen LogP contribution in [0.3, 0.4) is 0 Å². The number of nitrogens with one attached hydrogen (secondary N) is 2. The largest absolute Gasteiger partial charge is 0.337 e. The maximum atomic E-state index is 12.6. The molecule has 0 aliphatic carbocycles. The Hall–Kier alpha value is -3.53. The average molecular weight is 455 g/mol. The average Bonchev–Trinajstić information content (AvgIpc) is 2.81. The lowest BCUT2D eigenvalue weighted by Gasteiger charge is -2.16. The van der Waals surface area contributed by atoms with Crippen molar-refractivity contribution in [2.75, 3.05) is 23.2 Å². The summed E-state index contributed by atoms with van der Waals surface area (Å²) in [5.74, 6) is 0.588. The minimum Gasteiger partial charge on any atom is -0.337 e. The number of pyridine rings is 1. The zero-order chi connectivity index (χ0) is 23.0. The summed E-state index contributed by atoms with van der Waals surface area (Å²) in [6.45, 7) is 2.45. The maximum absolute atomic E-state index is 12.6. The van der Waals surface area contributed by atoms with E-state index in [4.69, 9.17) is 0 Å². The summed E-state index contributed by atoms with van der Waals surface area (Å²) in [5.41, 5.74) is 1.85. The molecule has 2 aromatic heterocycles. The highest BCUT2D eigenvalue weighted by Gasteiger charge is 2.16. The van der Waals surface area contributed by atoms with Crippen LogP contribution in [0.1, 0.15) is 24.5 Å². The fourth-order valence-corrected chi connectivity index (χ4v) is 3.89. The van der Waals surface area contributed by atoms with Gasteiger partial charge in [-0.25, -0.2) is 32.9 Å². The first-order valence-electron chi connectivity index (χ1n) is 10.2. The lowest BCUT2D eigenvalue weighted by atomic mass is 10.1. The highest BCUT2D eigenvalue weighted by atomic mass is 32.2. The zero-order valence-corrected chi connectivity index (χ0v) is 18.8. The van der Waals surface area contributed by atoms with E-state index in [2.05, 4.69) is 31.9 Å². The van der Waals surface area contributed by atoms with Crippen molar-refractivity contribution >= 4 is 27.8 Å². The molecule has 168 valence electrons. The van der Waals surface area contributed by atoms with E-state index in [1.807, 2.05) is 6.07 Å². The first-order valence-corrected chi connectivity index (χ1v) is 11.7. The minimum absolute atomic E-state index is 0.0358. The van der Waals surface area contributed by atoms with E-state index in [0.717, 1.165) is 24.0 Å². The number of rotatable bonds is 9. The third-order valence-corrected chi connectivity index (χ3v) is 6.03. The quantitative estimate of drug-likeness (QED) is 0.513. The van der Waals surface area contributed by atoms with E-state index in [9.17, 15) is 13.2 Å².